The molecule has 0 radical (unpaired) electrons. The highest BCUT2D eigenvalue weighted by Crippen LogP contribution is 2.29. The zero-order chi connectivity index (χ0) is 12.4. The molecule has 1 aromatic carbocycles. The molecule has 2 rings (SSSR count). The van der Waals surface area contributed by atoms with Gasteiger partial charge in [-0.15, -0.1) is 0 Å². The molecule has 1 aromatic rings. The van der Waals surface area contributed by atoms with Crippen molar-refractivity contribution in [2.45, 2.75) is 6.92 Å². The van der Waals surface area contributed by atoms with Gasteiger partial charge >= 0.3 is 0 Å². The number of piperazine rings is 1. The zero-order valence-corrected chi connectivity index (χ0v) is 12.0. The highest BCUT2D eigenvalue weighted by molar-refractivity contribution is 9.10. The van der Waals surface area contributed by atoms with Crippen LogP contribution in [0.3, 0.4) is 0 Å². The van der Waals surface area contributed by atoms with E-state index in [2.05, 4.69) is 20.8 Å². The molecule has 0 bridgehead atoms. The van der Waals surface area contributed by atoms with Crippen LogP contribution in [0.25, 0.3) is 0 Å². The van der Waals surface area contributed by atoms with Gasteiger partial charge in [0.15, 0.2) is 0 Å². The summed E-state index contributed by atoms with van der Waals surface area (Å²) < 4.78 is 1.00. The molecule has 92 valence electrons. The first-order chi connectivity index (χ1) is 8.08. The van der Waals surface area contributed by atoms with E-state index in [4.69, 9.17) is 11.6 Å². The summed E-state index contributed by atoms with van der Waals surface area (Å²) in [6.07, 6.45) is 0. The number of hydrogen-bond donors (Lipinski definition) is 0. The van der Waals surface area contributed by atoms with Crippen molar-refractivity contribution in [3.05, 3.63) is 27.7 Å². The minimum absolute atomic E-state index is 0.153. The SMILES string of the molecule is CC(=O)N1CCN(c2ccc(Cl)cc2Br)CC1. The molecule has 3 nitrogen and oxygen atoms in total. The van der Waals surface area contributed by atoms with Crippen LogP contribution < -0.4 is 4.90 Å². The maximum atomic E-state index is 11.2. The molecular formula is C12H14BrClN2O. The minimum atomic E-state index is 0.153. The van der Waals surface area contributed by atoms with Crippen molar-refractivity contribution in [3.63, 3.8) is 0 Å². The van der Waals surface area contributed by atoms with Gasteiger partial charge in [-0.1, -0.05) is 11.6 Å². The number of halogens is 2. The van der Waals surface area contributed by atoms with E-state index in [0.717, 1.165) is 41.4 Å². The Hall–Kier alpha value is -0.740. The average Bonchev–Trinajstić information content (AvgIpc) is 2.29. The van der Waals surface area contributed by atoms with E-state index in [9.17, 15) is 4.79 Å². The minimum Gasteiger partial charge on any atom is -0.367 e. The molecular weight excluding hydrogens is 304 g/mol. The van der Waals surface area contributed by atoms with Crippen LogP contribution in [0.2, 0.25) is 5.02 Å². The number of benzene rings is 1. The van der Waals surface area contributed by atoms with Gasteiger partial charge in [-0.3, -0.25) is 4.79 Å². The van der Waals surface area contributed by atoms with Crippen LogP contribution in [0.4, 0.5) is 5.69 Å². The first-order valence-corrected chi connectivity index (χ1v) is 6.70. The lowest BCUT2D eigenvalue weighted by Crippen LogP contribution is -2.48. The van der Waals surface area contributed by atoms with Crippen LogP contribution in [-0.2, 0) is 4.79 Å². The summed E-state index contributed by atoms with van der Waals surface area (Å²) in [7, 11) is 0. The number of carbonyl (C=O) groups is 1. The third-order valence-electron chi connectivity index (χ3n) is 2.98. The second kappa shape index (κ2) is 5.27. The Balaban J connectivity index is 2.08. The lowest BCUT2D eigenvalue weighted by molar-refractivity contribution is -0.129. The molecule has 5 heteroatoms. The van der Waals surface area contributed by atoms with Gasteiger partial charge in [0.05, 0.1) is 5.69 Å². The fourth-order valence-electron chi connectivity index (χ4n) is 2.00. The van der Waals surface area contributed by atoms with Crippen molar-refractivity contribution in [2.24, 2.45) is 0 Å². The number of carbonyl (C=O) groups excluding carboxylic acids is 1. The molecule has 1 saturated heterocycles. The van der Waals surface area contributed by atoms with E-state index in [1.165, 1.54) is 0 Å². The van der Waals surface area contributed by atoms with Crippen LogP contribution in [0.5, 0.6) is 0 Å². The Morgan fingerprint density at radius 2 is 1.94 bits per heavy atom. The van der Waals surface area contributed by atoms with E-state index < -0.39 is 0 Å². The maximum Gasteiger partial charge on any atom is 0.219 e. The number of rotatable bonds is 1. The molecule has 0 atom stereocenters. The number of hydrogen-bond acceptors (Lipinski definition) is 2. The highest BCUT2D eigenvalue weighted by Gasteiger charge is 2.19. The van der Waals surface area contributed by atoms with E-state index in [-0.39, 0.29) is 5.91 Å². The predicted octanol–water partition coefficient (Wildman–Crippen LogP) is 2.77. The van der Waals surface area contributed by atoms with E-state index in [1.807, 2.05) is 23.1 Å². The number of nitrogens with zero attached hydrogens (tertiary/aromatic N) is 2. The van der Waals surface area contributed by atoms with Crippen LogP contribution in [0.1, 0.15) is 6.92 Å². The van der Waals surface area contributed by atoms with Gasteiger partial charge in [0.2, 0.25) is 5.91 Å². The molecule has 0 spiro atoms. The van der Waals surface area contributed by atoms with Gasteiger partial charge in [-0.25, -0.2) is 0 Å². The third kappa shape index (κ3) is 2.93. The molecule has 1 aliphatic heterocycles. The summed E-state index contributed by atoms with van der Waals surface area (Å²) in [5, 5.41) is 0.725. The van der Waals surface area contributed by atoms with Gasteiger partial charge in [-0.05, 0) is 34.1 Å². The number of anilines is 1. The Morgan fingerprint density at radius 3 is 2.47 bits per heavy atom. The molecule has 1 fully saturated rings. The Labute approximate surface area is 114 Å². The van der Waals surface area contributed by atoms with Crippen LogP contribution in [0, 0.1) is 0 Å². The van der Waals surface area contributed by atoms with Crippen molar-refractivity contribution >= 4 is 39.1 Å². The molecule has 17 heavy (non-hydrogen) atoms. The van der Waals surface area contributed by atoms with Crippen molar-refractivity contribution in [1.82, 2.24) is 4.90 Å². The summed E-state index contributed by atoms with van der Waals surface area (Å²) in [6, 6.07) is 5.79. The van der Waals surface area contributed by atoms with Crippen molar-refractivity contribution in [2.75, 3.05) is 31.1 Å². The lowest BCUT2D eigenvalue weighted by atomic mass is 10.2. The first-order valence-electron chi connectivity index (χ1n) is 5.53. The quantitative estimate of drug-likeness (QED) is 0.795. The highest BCUT2D eigenvalue weighted by atomic mass is 79.9. The fraction of sp³-hybridized carbons (Fsp3) is 0.417. The first kappa shape index (κ1) is 12.7. The summed E-state index contributed by atoms with van der Waals surface area (Å²) in [5.74, 6) is 0.153. The van der Waals surface area contributed by atoms with E-state index >= 15 is 0 Å². The van der Waals surface area contributed by atoms with E-state index in [0.29, 0.717) is 0 Å². The Kier molecular flexibility index (Phi) is 3.94. The van der Waals surface area contributed by atoms with Crippen molar-refractivity contribution in [1.29, 1.82) is 0 Å². The molecule has 1 aliphatic rings. The van der Waals surface area contributed by atoms with Gasteiger partial charge in [0.1, 0.15) is 0 Å². The largest absolute Gasteiger partial charge is 0.367 e. The molecule has 1 amide bonds. The van der Waals surface area contributed by atoms with Gasteiger partial charge in [0, 0.05) is 42.6 Å². The van der Waals surface area contributed by atoms with Gasteiger partial charge in [-0.2, -0.15) is 0 Å². The van der Waals surface area contributed by atoms with Crippen molar-refractivity contribution < 1.29 is 4.79 Å². The average molecular weight is 318 g/mol. The van der Waals surface area contributed by atoms with Gasteiger partial charge in [0.25, 0.3) is 0 Å². The predicted molar refractivity (Wildman–Crippen MR) is 73.6 cm³/mol. The van der Waals surface area contributed by atoms with Crippen molar-refractivity contribution in [3.8, 4) is 0 Å². The number of amides is 1. The van der Waals surface area contributed by atoms with Crippen LogP contribution in [0.15, 0.2) is 22.7 Å². The molecule has 0 unspecified atom stereocenters. The Bertz CT molecular complexity index is 431. The zero-order valence-electron chi connectivity index (χ0n) is 9.62. The summed E-state index contributed by atoms with van der Waals surface area (Å²) in [6.45, 7) is 4.91. The summed E-state index contributed by atoms with van der Waals surface area (Å²) in [5.41, 5.74) is 1.14. The second-order valence-corrected chi connectivity index (χ2v) is 5.38. The molecule has 0 aromatic heterocycles. The normalized spacial score (nSPS) is 16.2. The topological polar surface area (TPSA) is 23.6 Å². The third-order valence-corrected chi connectivity index (χ3v) is 3.85. The maximum absolute atomic E-state index is 11.2. The molecule has 0 aliphatic carbocycles. The van der Waals surface area contributed by atoms with E-state index in [1.54, 1.807) is 6.92 Å². The van der Waals surface area contributed by atoms with Gasteiger partial charge < -0.3 is 9.80 Å². The lowest BCUT2D eigenvalue weighted by Gasteiger charge is -2.36. The smallest absolute Gasteiger partial charge is 0.219 e. The monoisotopic (exact) mass is 316 g/mol. The molecule has 0 saturated carbocycles. The van der Waals surface area contributed by atoms with Crippen LogP contribution >= 0.6 is 27.5 Å². The molecule has 0 N–H and O–H groups in total. The fourth-order valence-corrected chi connectivity index (χ4v) is 2.93. The molecule has 1 heterocycles. The summed E-state index contributed by atoms with van der Waals surface area (Å²) in [4.78, 5) is 15.4. The second-order valence-electron chi connectivity index (χ2n) is 4.09. The summed E-state index contributed by atoms with van der Waals surface area (Å²) >= 11 is 9.44. The van der Waals surface area contributed by atoms with Crippen LogP contribution in [-0.4, -0.2) is 37.0 Å². The standard InChI is InChI=1S/C12H14BrClN2O/c1-9(17)15-4-6-16(7-5-15)12-3-2-10(14)8-11(12)13/h2-3,8H,4-7H2,1H3. The Morgan fingerprint density at radius 1 is 1.29 bits per heavy atom.